The Morgan fingerprint density at radius 1 is 0.917 bits per heavy atom. The molecule has 2 atom stereocenters. The molecule has 0 aliphatic carbocycles. The number of hydrogen-bond donors (Lipinski definition) is 6. The zero-order chi connectivity index (χ0) is 10.3. The van der Waals surface area contributed by atoms with Crippen LogP contribution in [0.15, 0.2) is 0 Å². The Morgan fingerprint density at radius 3 is 1.17 bits per heavy atom. The highest BCUT2D eigenvalue weighted by atomic mass is 16.4. The van der Waals surface area contributed by atoms with E-state index in [-0.39, 0.29) is 0 Å². The molecule has 0 saturated carbocycles. The second-order valence-corrected chi connectivity index (χ2v) is 1.57. The molecule has 0 amide bonds. The molecule has 2 unspecified atom stereocenters. The summed E-state index contributed by atoms with van der Waals surface area (Å²) >= 11 is 0. The summed E-state index contributed by atoms with van der Waals surface area (Å²) in [6.45, 7) is 0. The largest absolute Gasteiger partial charge is 0.479 e. The van der Waals surface area contributed by atoms with Crippen molar-refractivity contribution in [2.24, 2.45) is 5.90 Å². The Morgan fingerprint density at radius 2 is 1.08 bits per heavy atom. The maximum atomic E-state index is 9.77. The van der Waals surface area contributed by atoms with Crippen LogP contribution in [0, 0.1) is 0 Å². The van der Waals surface area contributed by atoms with Crippen LogP contribution in [0.5, 0.6) is 0 Å². The molecule has 72 valence electrons. The van der Waals surface area contributed by atoms with E-state index in [2.05, 4.69) is 5.90 Å². The standard InChI is InChI=1S/C4H6O6.H3NO/c5-1(3(7)8)2(6)4(9)10;1-2/h1-2,5-6H,(H,7,8)(H,9,10);2H,1H2. The Kier molecular flexibility index (Phi) is 7.23. The van der Waals surface area contributed by atoms with Crippen LogP contribution in [0.4, 0.5) is 0 Å². The summed E-state index contributed by atoms with van der Waals surface area (Å²) < 4.78 is 0. The van der Waals surface area contributed by atoms with Gasteiger partial charge < -0.3 is 25.6 Å². The number of hydrogen-bond acceptors (Lipinski definition) is 6. The molecule has 0 aliphatic rings. The highest BCUT2D eigenvalue weighted by molar-refractivity contribution is 5.82. The van der Waals surface area contributed by atoms with E-state index in [1.165, 1.54) is 0 Å². The van der Waals surface area contributed by atoms with Gasteiger partial charge in [0.15, 0.2) is 12.2 Å². The lowest BCUT2D eigenvalue weighted by Gasteiger charge is -2.07. The summed E-state index contributed by atoms with van der Waals surface area (Å²) in [4.78, 5) is 19.5. The van der Waals surface area contributed by atoms with Crippen molar-refractivity contribution >= 4 is 11.9 Å². The second kappa shape index (κ2) is 6.49. The molecular formula is C4H9NO7. The third kappa shape index (κ3) is 4.57. The van der Waals surface area contributed by atoms with E-state index in [0.717, 1.165) is 0 Å². The zero-order valence-electron chi connectivity index (χ0n) is 5.78. The lowest BCUT2D eigenvalue weighted by molar-refractivity contribution is -0.165. The van der Waals surface area contributed by atoms with Crippen LogP contribution in [0.1, 0.15) is 0 Å². The fourth-order valence-corrected chi connectivity index (χ4v) is 0.270. The molecule has 0 aromatic rings. The number of nitrogens with two attached hydrogens (primary N) is 1. The maximum absolute atomic E-state index is 9.77. The van der Waals surface area contributed by atoms with Crippen LogP contribution < -0.4 is 5.90 Å². The molecule has 0 aromatic heterocycles. The van der Waals surface area contributed by atoms with Gasteiger partial charge >= 0.3 is 11.9 Å². The van der Waals surface area contributed by atoms with Crippen molar-refractivity contribution in [2.75, 3.05) is 0 Å². The molecule has 0 fully saturated rings. The molecule has 0 spiro atoms. The molecule has 0 bridgehead atoms. The number of aliphatic hydroxyl groups is 2. The lowest BCUT2D eigenvalue weighted by atomic mass is 10.2. The van der Waals surface area contributed by atoms with Gasteiger partial charge in [0.05, 0.1) is 0 Å². The molecule has 0 heterocycles. The van der Waals surface area contributed by atoms with Crippen molar-refractivity contribution in [1.29, 1.82) is 0 Å². The minimum atomic E-state index is -2.27. The zero-order valence-corrected chi connectivity index (χ0v) is 5.78. The van der Waals surface area contributed by atoms with E-state index in [1.54, 1.807) is 0 Å². The number of aliphatic carboxylic acids is 2. The number of rotatable bonds is 3. The van der Waals surface area contributed by atoms with Crippen LogP contribution in [-0.4, -0.2) is 49.8 Å². The number of carbonyl (C=O) groups is 2. The first kappa shape index (κ1) is 13.4. The van der Waals surface area contributed by atoms with Crippen LogP contribution in [0.3, 0.4) is 0 Å². The predicted molar refractivity (Wildman–Crippen MR) is 33.3 cm³/mol. The Balaban J connectivity index is 0. The van der Waals surface area contributed by atoms with E-state index in [9.17, 15) is 9.59 Å². The van der Waals surface area contributed by atoms with Gasteiger partial charge in [-0.2, -0.15) is 0 Å². The molecule has 0 saturated heterocycles. The third-order valence-corrected chi connectivity index (χ3v) is 0.805. The molecule has 0 aliphatic heterocycles. The van der Waals surface area contributed by atoms with Gasteiger partial charge in [-0.25, -0.2) is 15.5 Å². The van der Waals surface area contributed by atoms with Gasteiger partial charge in [0.2, 0.25) is 0 Å². The summed E-state index contributed by atoms with van der Waals surface area (Å²) in [5.74, 6) is -0.0372. The van der Waals surface area contributed by atoms with Crippen molar-refractivity contribution in [2.45, 2.75) is 12.2 Å². The van der Waals surface area contributed by atoms with Gasteiger partial charge in [0.25, 0.3) is 0 Å². The van der Waals surface area contributed by atoms with Crippen LogP contribution >= 0.6 is 0 Å². The van der Waals surface area contributed by atoms with Crippen molar-refractivity contribution in [1.82, 2.24) is 0 Å². The Labute approximate surface area is 66.4 Å². The van der Waals surface area contributed by atoms with Crippen LogP contribution in [0.2, 0.25) is 0 Å². The monoisotopic (exact) mass is 183 g/mol. The minimum absolute atomic E-state index is 1.77. The van der Waals surface area contributed by atoms with E-state index < -0.39 is 24.1 Å². The van der Waals surface area contributed by atoms with Crippen LogP contribution in [-0.2, 0) is 9.59 Å². The Hall–Kier alpha value is -1.22. The van der Waals surface area contributed by atoms with E-state index in [0.29, 0.717) is 0 Å². The summed E-state index contributed by atoms with van der Waals surface area (Å²) in [6, 6.07) is 0. The maximum Gasteiger partial charge on any atom is 0.335 e. The topological polar surface area (TPSA) is 161 Å². The van der Waals surface area contributed by atoms with E-state index in [1.807, 2.05) is 0 Å². The number of aliphatic hydroxyl groups excluding tert-OH is 2. The first-order chi connectivity index (χ1) is 5.46. The first-order valence-corrected chi connectivity index (χ1v) is 2.54. The SMILES string of the molecule is NO.O=C(O)C(O)C(O)C(=O)O. The van der Waals surface area contributed by atoms with E-state index >= 15 is 0 Å². The van der Waals surface area contributed by atoms with Crippen LogP contribution in [0.25, 0.3) is 0 Å². The minimum Gasteiger partial charge on any atom is -0.479 e. The predicted octanol–water partition coefficient (Wildman–Crippen LogP) is -2.79. The quantitative estimate of drug-likeness (QED) is 0.256. The fourth-order valence-electron chi connectivity index (χ4n) is 0.270. The molecule has 12 heavy (non-hydrogen) atoms. The van der Waals surface area contributed by atoms with E-state index in [4.69, 9.17) is 25.6 Å². The third-order valence-electron chi connectivity index (χ3n) is 0.805. The van der Waals surface area contributed by atoms with Gasteiger partial charge in [-0.15, -0.1) is 0 Å². The van der Waals surface area contributed by atoms with Gasteiger partial charge in [-0.3, -0.25) is 0 Å². The molecule has 8 nitrogen and oxygen atoms in total. The summed E-state index contributed by atoms with van der Waals surface area (Å²) in [5, 5.41) is 39.0. The highest BCUT2D eigenvalue weighted by Crippen LogP contribution is 1.92. The molecule has 0 aromatic carbocycles. The molecule has 8 heteroatoms. The van der Waals surface area contributed by atoms with Gasteiger partial charge in [-0.05, 0) is 0 Å². The molecule has 0 radical (unpaired) electrons. The van der Waals surface area contributed by atoms with Crippen molar-refractivity contribution < 1.29 is 35.2 Å². The molecule has 0 rings (SSSR count). The van der Waals surface area contributed by atoms with Gasteiger partial charge in [-0.1, -0.05) is 0 Å². The summed E-state index contributed by atoms with van der Waals surface area (Å²) in [6.07, 6.45) is -4.53. The van der Waals surface area contributed by atoms with Crippen molar-refractivity contribution in [3.8, 4) is 0 Å². The van der Waals surface area contributed by atoms with Crippen molar-refractivity contribution in [3.63, 3.8) is 0 Å². The average Bonchev–Trinajstić information content (AvgIpc) is 2.05. The normalized spacial score (nSPS) is 13.7. The second-order valence-electron chi connectivity index (χ2n) is 1.57. The van der Waals surface area contributed by atoms with Gasteiger partial charge in [0.1, 0.15) is 0 Å². The number of carboxylic acid groups (broad SMARTS) is 2. The molecular weight excluding hydrogens is 174 g/mol. The highest BCUT2D eigenvalue weighted by Gasteiger charge is 2.29. The fraction of sp³-hybridized carbons (Fsp3) is 0.500. The average molecular weight is 183 g/mol. The first-order valence-electron chi connectivity index (χ1n) is 2.54. The summed E-state index contributed by atoms with van der Waals surface area (Å²) in [7, 11) is 0. The molecule has 7 N–H and O–H groups in total. The Bertz CT molecular complexity index is 139. The lowest BCUT2D eigenvalue weighted by Crippen LogP contribution is -2.39. The van der Waals surface area contributed by atoms with Gasteiger partial charge in [0, 0.05) is 0 Å². The smallest absolute Gasteiger partial charge is 0.335 e. The van der Waals surface area contributed by atoms with Crippen molar-refractivity contribution in [3.05, 3.63) is 0 Å². The summed E-state index contributed by atoms with van der Waals surface area (Å²) in [5.41, 5.74) is 0. The number of carboxylic acids is 2.